The van der Waals surface area contributed by atoms with E-state index in [9.17, 15) is 52.7 Å². The molecule has 0 spiro atoms. The van der Waals surface area contributed by atoms with Crippen LogP contribution in [-0.4, -0.2) is 415 Å². The maximum absolute atomic E-state index is 14.4. The van der Waals surface area contributed by atoms with Crippen LogP contribution in [0.1, 0.15) is 144 Å². The standard InChI is InChI=1S/C94H144N14O38S2/c1-64(109)96-79-82(138-67(4)112)85(141-70(7)115)92(61-135-88(79)144-92)58-129-45-42-126-39-36-123-33-30-120-27-24-106-49-73(100-103-106)52-132-55-91(99-77(119)21-15-11-10-13-19-76(118)20-14-12-18-48-147-148-78-22-16-17-23-95-78,56-133-53-74-50-107(104-101-74)25-28-121-31-34-124-37-40-127-43-46-130-59-93-62-136-89(145-93)80(97-65(2)110)83(139-68(5)113)86(93)142-71(8)116)57-134-54-75-51-108(105-102-75)26-29-122-32-35-125-38-41-128-44-47-131-60-94-63-137-90(146-94)81(98-66(3)111)84(140-69(6)114)87(94)143-72(9)117/h16-17,22-23,49-51,79-90H,10-15,18-21,24-48,52-63H2,1-9H3,(H,96,109)(H,97,110)(H,98,111)(H,99,119)/t79-,80-,81-,82-,83-,84-,85-,86-,87-,88+,89+,90+,92+,93+,94+/m1/s1. The van der Waals surface area contributed by atoms with Gasteiger partial charge in [0.05, 0.1) is 256 Å². The number of ketones is 1. The number of fused-ring (bicyclic) bond motifs is 6. The maximum Gasteiger partial charge on any atom is 0.303 e. The summed E-state index contributed by atoms with van der Waals surface area (Å²) < 4.78 is 163. The molecule has 4 aromatic heterocycles. The summed E-state index contributed by atoms with van der Waals surface area (Å²) in [6.45, 7) is 15.9. The van der Waals surface area contributed by atoms with Crippen LogP contribution in [0.5, 0.6) is 0 Å². The molecule has 6 saturated heterocycles. The monoisotopic (exact) mass is 2140 g/mol. The summed E-state index contributed by atoms with van der Waals surface area (Å²) in [5.41, 5.74) is -3.90. The molecule has 148 heavy (non-hydrogen) atoms. The fourth-order valence-electron chi connectivity index (χ4n) is 16.8. The van der Waals surface area contributed by atoms with E-state index in [4.69, 9.17) is 128 Å². The number of carbonyl (C=O) groups excluding carboxylic acids is 11. The number of nitrogens with one attached hydrogen (secondary N) is 4. The van der Waals surface area contributed by atoms with Crippen LogP contribution in [0.15, 0.2) is 48.0 Å². The number of aromatic nitrogens is 10. The molecule has 6 bridgehead atoms. The first kappa shape index (κ1) is 121. The Morgan fingerprint density at radius 2 is 0.676 bits per heavy atom. The third-order valence-corrected chi connectivity index (χ3v) is 25.6. The average Bonchev–Trinajstić information content (AvgIpc) is 1.59. The normalized spacial score (nSPS) is 23.2. The molecule has 830 valence electrons. The van der Waals surface area contributed by atoms with Gasteiger partial charge in [0.1, 0.15) is 51.6 Å². The molecule has 0 saturated carbocycles. The van der Waals surface area contributed by atoms with Crippen molar-refractivity contribution in [1.82, 2.24) is 71.2 Å². The lowest BCUT2D eigenvalue weighted by molar-refractivity contribution is -0.251. The maximum atomic E-state index is 14.4. The molecule has 4 amide bonds. The quantitative estimate of drug-likeness (QED) is 0.0209. The van der Waals surface area contributed by atoms with Gasteiger partial charge < -0.3 is 149 Å². The second-order valence-corrected chi connectivity index (χ2v) is 38.2. The number of carbonyl (C=O) groups is 11. The van der Waals surface area contributed by atoms with Crippen LogP contribution >= 0.6 is 21.6 Å². The van der Waals surface area contributed by atoms with Crippen molar-refractivity contribution < 1.29 is 181 Å². The molecule has 4 aromatic rings. The highest BCUT2D eigenvalue weighted by molar-refractivity contribution is 8.76. The third kappa shape index (κ3) is 42.1. The molecule has 10 heterocycles. The molecule has 0 unspecified atom stereocenters. The van der Waals surface area contributed by atoms with Crippen LogP contribution < -0.4 is 21.3 Å². The van der Waals surface area contributed by atoms with Crippen molar-refractivity contribution in [3.63, 3.8) is 0 Å². The van der Waals surface area contributed by atoms with E-state index < -0.39 is 149 Å². The number of ether oxygens (including phenoxy) is 27. The second kappa shape index (κ2) is 65.3. The summed E-state index contributed by atoms with van der Waals surface area (Å²) in [5.74, 6) is -4.33. The predicted molar refractivity (Wildman–Crippen MR) is 510 cm³/mol. The number of nitrogens with zero attached hydrogens (tertiary/aromatic N) is 10. The lowest BCUT2D eigenvalue weighted by Crippen LogP contribution is -2.68. The van der Waals surface area contributed by atoms with Gasteiger partial charge in [-0.25, -0.2) is 19.0 Å². The third-order valence-electron chi connectivity index (χ3n) is 23.2. The zero-order chi connectivity index (χ0) is 106. The summed E-state index contributed by atoms with van der Waals surface area (Å²) in [7, 11) is 3.41. The first-order valence-corrected chi connectivity index (χ1v) is 51.9. The number of hydrogen-bond acceptors (Lipinski definition) is 47. The summed E-state index contributed by atoms with van der Waals surface area (Å²) in [6.07, 6.45) is 3.83. The lowest BCUT2D eigenvalue weighted by atomic mass is 9.87. The number of rotatable bonds is 79. The molecule has 52 nitrogen and oxygen atoms in total. The van der Waals surface area contributed by atoms with Gasteiger partial charge >= 0.3 is 35.8 Å². The van der Waals surface area contributed by atoms with Crippen LogP contribution in [0.4, 0.5) is 0 Å². The first-order valence-electron chi connectivity index (χ1n) is 49.6. The van der Waals surface area contributed by atoms with Gasteiger partial charge in [-0.2, -0.15) is 0 Å². The Hall–Kier alpha value is -9.20. The van der Waals surface area contributed by atoms with Gasteiger partial charge in [-0.15, -0.1) is 15.3 Å². The van der Waals surface area contributed by atoms with Gasteiger partial charge in [0.2, 0.25) is 23.6 Å². The van der Waals surface area contributed by atoms with E-state index in [-0.39, 0.29) is 236 Å². The minimum absolute atomic E-state index is 0.0355. The van der Waals surface area contributed by atoms with Crippen molar-refractivity contribution in [2.45, 2.75) is 267 Å². The summed E-state index contributed by atoms with van der Waals surface area (Å²) in [5, 5.41) is 38.2. The number of esters is 6. The second-order valence-electron chi connectivity index (χ2n) is 35.8. The first-order chi connectivity index (χ1) is 71.5. The zero-order valence-electron chi connectivity index (χ0n) is 85.5. The topological polar surface area (TPSA) is 590 Å². The Labute approximate surface area is 865 Å². The number of Topliss-reactive ketones (excluding diaryl/α,β-unsaturated/α-hetero) is 1. The average molecular weight is 2140 g/mol. The molecule has 0 aliphatic carbocycles. The van der Waals surface area contributed by atoms with Gasteiger partial charge in [0, 0.05) is 93.5 Å². The van der Waals surface area contributed by atoms with Crippen LogP contribution in [0.3, 0.4) is 0 Å². The zero-order valence-corrected chi connectivity index (χ0v) is 87.1. The van der Waals surface area contributed by atoms with Gasteiger partial charge in [-0.1, -0.05) is 51.8 Å². The van der Waals surface area contributed by atoms with Crippen molar-refractivity contribution in [2.24, 2.45) is 0 Å². The highest BCUT2D eigenvalue weighted by Crippen LogP contribution is 2.44. The highest BCUT2D eigenvalue weighted by atomic mass is 33.1. The van der Waals surface area contributed by atoms with Gasteiger partial charge in [0.25, 0.3) is 0 Å². The van der Waals surface area contributed by atoms with E-state index in [0.29, 0.717) is 68.8 Å². The SMILES string of the molecule is CC(=O)N[C@H]1[C@H]2OC[C@](COCCOCCOCCOCCn3cc(COCC(COCc4cn(CCOCCOCCOCCOC[C@@]56CO[C@@H](O5)[C@H](NC(C)=O)[C@@H](OC(C)=O)[C@H]6OC(C)=O)nn4)(COCc4cn(CCOCCOCCOCCOC[C@@]56CO[C@@H](O5)[C@H](NC(C)=O)[C@@H](OC(C)=O)[C@H]6OC(C)=O)nn4)NC(=O)CCCCCCC(=O)CCCCCSSc4ccccn4)nn3)(O2)[C@H](OC(C)=O)[C@@H]1OC(C)=O. The molecule has 4 N–H and O–H groups in total. The molecule has 6 aliphatic rings. The van der Waals surface area contributed by atoms with Gasteiger partial charge in [0.15, 0.2) is 72.3 Å². The molecule has 10 rings (SSSR count). The van der Waals surface area contributed by atoms with Crippen molar-refractivity contribution in [3.8, 4) is 0 Å². The molecule has 54 heteroatoms. The minimum atomic E-state index is -1.34. The number of unbranched alkanes of at least 4 members (excludes halogenated alkanes) is 5. The van der Waals surface area contributed by atoms with Crippen molar-refractivity contribution >= 4 is 86.8 Å². The molecular weight excluding hydrogens is 2000 g/mol. The van der Waals surface area contributed by atoms with E-state index in [1.165, 1.54) is 62.3 Å². The Balaban J connectivity index is 0.674. The number of hydrogen-bond donors (Lipinski definition) is 4. The van der Waals surface area contributed by atoms with Crippen LogP contribution in [0, 0.1) is 0 Å². The van der Waals surface area contributed by atoms with Crippen LogP contribution in [-0.2, 0) is 220 Å². The van der Waals surface area contributed by atoms with E-state index in [0.717, 1.165) is 36.5 Å². The van der Waals surface area contributed by atoms with E-state index in [1.807, 2.05) is 18.2 Å². The van der Waals surface area contributed by atoms with Crippen LogP contribution in [0.2, 0.25) is 0 Å². The fraction of sp³-hybridized carbons (Fsp3) is 0.766. The largest absolute Gasteiger partial charge is 0.456 e. The van der Waals surface area contributed by atoms with E-state index >= 15 is 0 Å². The number of pyridine rings is 1. The predicted octanol–water partition coefficient (Wildman–Crippen LogP) is 1.25. The number of amides is 4. The van der Waals surface area contributed by atoms with Gasteiger partial charge in [-0.3, -0.25) is 52.7 Å². The smallest absolute Gasteiger partial charge is 0.303 e. The lowest BCUT2D eigenvalue weighted by Gasteiger charge is -2.45. The Bertz CT molecular complexity index is 4300. The van der Waals surface area contributed by atoms with Gasteiger partial charge in [-0.05, 0) is 48.6 Å². The summed E-state index contributed by atoms with van der Waals surface area (Å²) in [6, 6.07) is 3.00. The van der Waals surface area contributed by atoms with Crippen molar-refractivity contribution in [1.29, 1.82) is 0 Å². The molecule has 6 aliphatic heterocycles. The Morgan fingerprint density at radius 3 is 0.980 bits per heavy atom. The molecule has 15 atom stereocenters. The Morgan fingerprint density at radius 1 is 0.372 bits per heavy atom. The molecule has 6 fully saturated rings. The summed E-state index contributed by atoms with van der Waals surface area (Å²) >= 11 is 0. The minimum Gasteiger partial charge on any atom is -0.456 e. The molecular formula is C94H144N14O38S2. The van der Waals surface area contributed by atoms with Crippen molar-refractivity contribution in [2.75, 3.05) is 204 Å². The molecule has 0 radical (unpaired) electrons. The van der Waals surface area contributed by atoms with E-state index in [1.54, 1.807) is 60.4 Å². The van der Waals surface area contributed by atoms with E-state index in [2.05, 4.69) is 57.2 Å². The fourth-order valence-corrected chi connectivity index (χ4v) is 18.8. The highest BCUT2D eigenvalue weighted by Gasteiger charge is 2.67. The van der Waals surface area contributed by atoms with Crippen molar-refractivity contribution in [3.05, 3.63) is 60.1 Å². The van der Waals surface area contributed by atoms with Crippen LogP contribution in [0.25, 0.3) is 0 Å². The summed E-state index contributed by atoms with van der Waals surface area (Å²) in [4.78, 5) is 141. The Kier molecular flexibility index (Phi) is 53.2. The molecule has 0 aromatic carbocycles.